The van der Waals surface area contributed by atoms with Gasteiger partial charge in [0.1, 0.15) is 5.82 Å². The molecule has 0 radical (unpaired) electrons. The molecule has 1 aromatic rings. The molecule has 0 heterocycles. The zero-order chi connectivity index (χ0) is 15.3. The number of hydrogen-bond donors (Lipinski definition) is 3. The van der Waals surface area contributed by atoms with E-state index >= 15 is 0 Å². The lowest BCUT2D eigenvalue weighted by Gasteiger charge is -2.21. The van der Waals surface area contributed by atoms with Crippen molar-refractivity contribution in [3.05, 3.63) is 34.6 Å². The summed E-state index contributed by atoms with van der Waals surface area (Å²) in [5.41, 5.74) is 5.62. The van der Waals surface area contributed by atoms with E-state index in [9.17, 15) is 9.18 Å². The van der Waals surface area contributed by atoms with Crippen LogP contribution in [0.4, 0.5) is 4.39 Å². The van der Waals surface area contributed by atoms with Gasteiger partial charge in [-0.25, -0.2) is 4.39 Å². The predicted octanol–water partition coefficient (Wildman–Crippen LogP) is 1.91. The van der Waals surface area contributed by atoms with Crippen LogP contribution in [0, 0.1) is 11.7 Å². The number of halogens is 2. The van der Waals surface area contributed by atoms with E-state index < -0.39 is 17.8 Å². The van der Waals surface area contributed by atoms with E-state index in [0.717, 1.165) is 0 Å². The molecule has 0 aliphatic rings. The SMILES string of the molecule is CC(C)C(NC(=O)Cc1c(F)cccc1Cl)C(N)=NO. The molecular formula is C13H17ClFN3O2. The number of rotatable bonds is 5. The summed E-state index contributed by atoms with van der Waals surface area (Å²) in [7, 11) is 0. The van der Waals surface area contributed by atoms with Crippen molar-refractivity contribution in [1.82, 2.24) is 5.32 Å². The van der Waals surface area contributed by atoms with Crippen LogP contribution in [-0.4, -0.2) is 23.0 Å². The Bertz CT molecular complexity index is 500. The number of oxime groups is 1. The summed E-state index contributed by atoms with van der Waals surface area (Å²) in [6, 6.07) is 3.58. The van der Waals surface area contributed by atoms with Gasteiger partial charge in [0.2, 0.25) is 5.91 Å². The maximum Gasteiger partial charge on any atom is 0.225 e. The molecule has 0 fully saturated rings. The second kappa shape index (κ2) is 7.09. The molecule has 20 heavy (non-hydrogen) atoms. The van der Waals surface area contributed by atoms with Gasteiger partial charge >= 0.3 is 0 Å². The van der Waals surface area contributed by atoms with E-state index in [-0.39, 0.29) is 28.8 Å². The molecule has 7 heteroatoms. The van der Waals surface area contributed by atoms with Crippen molar-refractivity contribution in [3.8, 4) is 0 Å². The van der Waals surface area contributed by atoms with Gasteiger partial charge in [0.25, 0.3) is 0 Å². The molecule has 5 nitrogen and oxygen atoms in total. The maximum absolute atomic E-state index is 13.6. The second-order valence-corrected chi connectivity index (χ2v) is 5.10. The molecule has 1 amide bonds. The van der Waals surface area contributed by atoms with Crippen LogP contribution in [-0.2, 0) is 11.2 Å². The number of carbonyl (C=O) groups is 1. The quantitative estimate of drug-likeness (QED) is 0.336. The zero-order valence-corrected chi connectivity index (χ0v) is 12.0. The van der Waals surface area contributed by atoms with Crippen molar-refractivity contribution in [2.45, 2.75) is 26.3 Å². The highest BCUT2D eigenvalue weighted by atomic mass is 35.5. The van der Waals surface area contributed by atoms with Gasteiger partial charge < -0.3 is 16.3 Å². The lowest BCUT2D eigenvalue weighted by atomic mass is 10.0. The summed E-state index contributed by atoms with van der Waals surface area (Å²) >= 11 is 5.85. The van der Waals surface area contributed by atoms with Crippen LogP contribution in [0.2, 0.25) is 5.02 Å². The first-order valence-electron chi connectivity index (χ1n) is 6.06. The summed E-state index contributed by atoms with van der Waals surface area (Å²) in [5.74, 6) is -1.18. The second-order valence-electron chi connectivity index (χ2n) is 4.69. The number of amidine groups is 1. The fourth-order valence-corrected chi connectivity index (χ4v) is 1.96. The number of nitrogens with one attached hydrogen (secondary N) is 1. The van der Waals surface area contributed by atoms with Crippen molar-refractivity contribution in [2.24, 2.45) is 16.8 Å². The Kier molecular flexibility index (Phi) is 5.76. The van der Waals surface area contributed by atoms with E-state index in [1.54, 1.807) is 13.8 Å². The first kappa shape index (κ1) is 16.2. The molecule has 1 rings (SSSR count). The van der Waals surface area contributed by atoms with Gasteiger partial charge in [-0.05, 0) is 18.1 Å². The normalized spacial score (nSPS) is 13.3. The highest BCUT2D eigenvalue weighted by Gasteiger charge is 2.21. The van der Waals surface area contributed by atoms with Gasteiger partial charge in [-0.2, -0.15) is 0 Å². The standard InChI is InChI=1S/C13H17ClFN3O2/c1-7(2)12(13(16)18-20)17-11(19)6-8-9(14)4-3-5-10(8)15/h3-5,7,12,20H,6H2,1-2H3,(H2,16,18)(H,17,19). The Morgan fingerprint density at radius 1 is 1.55 bits per heavy atom. The van der Waals surface area contributed by atoms with Crippen molar-refractivity contribution in [3.63, 3.8) is 0 Å². The Labute approximate surface area is 121 Å². The van der Waals surface area contributed by atoms with Gasteiger partial charge in [0.05, 0.1) is 12.5 Å². The Balaban J connectivity index is 2.81. The molecule has 0 aliphatic heterocycles. The van der Waals surface area contributed by atoms with Crippen LogP contribution >= 0.6 is 11.6 Å². The van der Waals surface area contributed by atoms with Crippen LogP contribution in [0.5, 0.6) is 0 Å². The monoisotopic (exact) mass is 301 g/mol. The van der Waals surface area contributed by atoms with E-state index in [4.69, 9.17) is 22.5 Å². The first-order valence-corrected chi connectivity index (χ1v) is 6.44. The molecule has 0 bridgehead atoms. The largest absolute Gasteiger partial charge is 0.409 e. The molecule has 4 N–H and O–H groups in total. The number of nitrogens with two attached hydrogens (primary N) is 1. The number of amides is 1. The van der Waals surface area contributed by atoms with Crippen molar-refractivity contribution in [2.75, 3.05) is 0 Å². The molecule has 1 unspecified atom stereocenters. The topological polar surface area (TPSA) is 87.7 Å². The molecule has 1 aromatic carbocycles. The molecule has 0 spiro atoms. The van der Waals surface area contributed by atoms with Crippen molar-refractivity contribution < 1.29 is 14.4 Å². The molecule has 0 saturated heterocycles. The van der Waals surface area contributed by atoms with Gasteiger partial charge in [0, 0.05) is 10.6 Å². The summed E-state index contributed by atoms with van der Waals surface area (Å²) in [6.07, 6.45) is -0.215. The Hall–Kier alpha value is -1.82. The van der Waals surface area contributed by atoms with Gasteiger partial charge in [0.15, 0.2) is 5.84 Å². The summed E-state index contributed by atoms with van der Waals surface area (Å²) in [5, 5.41) is 14.3. The first-order chi connectivity index (χ1) is 9.36. The minimum atomic E-state index is -0.627. The predicted molar refractivity (Wildman–Crippen MR) is 75.3 cm³/mol. The molecule has 0 aliphatic carbocycles. The lowest BCUT2D eigenvalue weighted by molar-refractivity contribution is -0.121. The van der Waals surface area contributed by atoms with Crippen LogP contribution < -0.4 is 11.1 Å². The fraction of sp³-hybridized carbons (Fsp3) is 0.385. The third-order valence-corrected chi connectivity index (χ3v) is 3.17. The average molecular weight is 302 g/mol. The molecule has 0 aromatic heterocycles. The van der Waals surface area contributed by atoms with Crippen molar-refractivity contribution >= 4 is 23.3 Å². The molecule has 0 saturated carbocycles. The number of hydrogen-bond acceptors (Lipinski definition) is 3. The van der Waals surface area contributed by atoms with Gasteiger partial charge in [-0.1, -0.05) is 36.7 Å². The Morgan fingerprint density at radius 3 is 2.70 bits per heavy atom. The van der Waals surface area contributed by atoms with Crippen LogP contribution in [0.1, 0.15) is 19.4 Å². The van der Waals surface area contributed by atoms with E-state index in [1.165, 1.54) is 18.2 Å². The minimum Gasteiger partial charge on any atom is -0.409 e. The molecule has 1 atom stereocenters. The van der Waals surface area contributed by atoms with E-state index in [0.29, 0.717) is 0 Å². The summed E-state index contributed by atoms with van der Waals surface area (Å²) < 4.78 is 13.6. The van der Waals surface area contributed by atoms with E-state index in [1.807, 2.05) is 0 Å². The molecular weight excluding hydrogens is 285 g/mol. The number of carbonyl (C=O) groups excluding carboxylic acids is 1. The third-order valence-electron chi connectivity index (χ3n) is 2.82. The maximum atomic E-state index is 13.6. The summed E-state index contributed by atoms with van der Waals surface area (Å²) in [4.78, 5) is 11.9. The van der Waals surface area contributed by atoms with Crippen molar-refractivity contribution in [1.29, 1.82) is 0 Å². The molecule has 110 valence electrons. The van der Waals surface area contributed by atoms with Gasteiger partial charge in [-0.3, -0.25) is 4.79 Å². The van der Waals surface area contributed by atoms with Crippen LogP contribution in [0.15, 0.2) is 23.4 Å². The van der Waals surface area contributed by atoms with E-state index in [2.05, 4.69) is 10.5 Å². The van der Waals surface area contributed by atoms with Gasteiger partial charge in [-0.15, -0.1) is 0 Å². The minimum absolute atomic E-state index is 0.0778. The highest BCUT2D eigenvalue weighted by molar-refractivity contribution is 6.31. The highest BCUT2D eigenvalue weighted by Crippen LogP contribution is 2.19. The zero-order valence-electron chi connectivity index (χ0n) is 11.2. The fourth-order valence-electron chi connectivity index (χ4n) is 1.73. The number of benzene rings is 1. The Morgan fingerprint density at radius 2 is 2.20 bits per heavy atom. The smallest absolute Gasteiger partial charge is 0.225 e. The average Bonchev–Trinajstić information content (AvgIpc) is 2.39. The summed E-state index contributed by atoms with van der Waals surface area (Å²) in [6.45, 7) is 3.61. The number of nitrogens with zero attached hydrogens (tertiary/aromatic N) is 1. The third kappa shape index (κ3) is 4.09. The van der Waals surface area contributed by atoms with Crippen LogP contribution in [0.3, 0.4) is 0 Å². The lowest BCUT2D eigenvalue weighted by Crippen LogP contribution is -2.48. The van der Waals surface area contributed by atoms with Crippen LogP contribution in [0.25, 0.3) is 0 Å².